The molecule has 2 aromatic carbocycles. The number of rotatable bonds is 6. The Labute approximate surface area is 214 Å². The summed E-state index contributed by atoms with van der Waals surface area (Å²) in [5.74, 6) is -1.64. The van der Waals surface area contributed by atoms with Crippen LogP contribution in [-0.2, 0) is 4.79 Å². The summed E-state index contributed by atoms with van der Waals surface area (Å²) < 4.78 is 27.5. The Kier molecular flexibility index (Phi) is 9.10. The van der Waals surface area contributed by atoms with Gasteiger partial charge in [-0.15, -0.1) is 0 Å². The minimum absolute atomic E-state index is 0.207. The van der Waals surface area contributed by atoms with Crippen LogP contribution in [0.15, 0.2) is 46.2 Å². The fourth-order valence-electron chi connectivity index (χ4n) is 4.01. The van der Waals surface area contributed by atoms with E-state index in [0.29, 0.717) is 12.1 Å². The summed E-state index contributed by atoms with van der Waals surface area (Å²) in [6, 6.07) is 8.23. The highest BCUT2D eigenvalue weighted by molar-refractivity contribution is 6.01. The average molecular weight is 511 g/mol. The molecule has 10 heteroatoms. The van der Waals surface area contributed by atoms with Gasteiger partial charge in [0.05, 0.1) is 17.1 Å². The minimum Gasteiger partial charge on any atom is -0.398 e. The number of nitrogens with two attached hydrogens (primary N) is 1. The molecule has 0 radical (unpaired) electrons. The van der Waals surface area contributed by atoms with Crippen LogP contribution in [0.5, 0.6) is 0 Å². The lowest BCUT2D eigenvalue weighted by Gasteiger charge is -2.25. The van der Waals surface area contributed by atoms with E-state index in [-0.39, 0.29) is 6.04 Å². The number of carbonyl (C=O) groups is 1. The first kappa shape index (κ1) is 27.5. The molecule has 37 heavy (non-hydrogen) atoms. The number of anilines is 3. The number of benzene rings is 2. The molecule has 196 valence electrons. The van der Waals surface area contributed by atoms with Crippen LogP contribution in [0.4, 0.5) is 25.8 Å². The number of carbonyl (C=O) groups excluding carboxylic acids is 1. The standard InChI is InChI=1S/C16H24N4O.C11H8F2N2O/c1-11(2)18-9-13-15(17)12(3)8-14(19-10-21)16(13)20-6-4-5-7-20;1-7-5-6-10(16)15(14-7)11-8(12)3-2-4-9(11)13/h8-11H,4-7,17H2,1-3H3,(H,19,21);2-6H,1H3. The second kappa shape index (κ2) is 12.2. The van der Waals surface area contributed by atoms with Crippen LogP contribution in [-0.4, -0.2) is 41.5 Å². The zero-order valence-electron chi connectivity index (χ0n) is 21.5. The highest BCUT2D eigenvalue weighted by Crippen LogP contribution is 2.37. The first-order valence-corrected chi connectivity index (χ1v) is 12.1. The lowest BCUT2D eigenvalue weighted by molar-refractivity contribution is -0.105. The van der Waals surface area contributed by atoms with Gasteiger partial charge in [0.2, 0.25) is 6.41 Å². The molecular formula is C27H32F2N6O2. The Bertz CT molecular complexity index is 1330. The quantitative estimate of drug-likeness (QED) is 0.291. The highest BCUT2D eigenvalue weighted by Gasteiger charge is 2.22. The van der Waals surface area contributed by atoms with Crippen LogP contribution in [0, 0.1) is 25.5 Å². The van der Waals surface area contributed by atoms with Crippen LogP contribution in [0.1, 0.15) is 43.5 Å². The van der Waals surface area contributed by atoms with Gasteiger partial charge in [-0.1, -0.05) is 6.07 Å². The largest absolute Gasteiger partial charge is 0.398 e. The molecule has 8 nitrogen and oxygen atoms in total. The van der Waals surface area contributed by atoms with E-state index in [0.717, 1.165) is 70.9 Å². The van der Waals surface area contributed by atoms with Gasteiger partial charge in [0, 0.05) is 42.7 Å². The molecule has 4 rings (SSSR count). The topological polar surface area (TPSA) is 106 Å². The van der Waals surface area contributed by atoms with Crippen molar-refractivity contribution in [3.8, 4) is 5.69 Å². The van der Waals surface area contributed by atoms with E-state index in [1.165, 1.54) is 18.2 Å². The molecule has 1 amide bonds. The Morgan fingerprint density at radius 1 is 1.08 bits per heavy atom. The van der Waals surface area contributed by atoms with Crippen molar-refractivity contribution in [2.75, 3.05) is 29.0 Å². The summed E-state index contributed by atoms with van der Waals surface area (Å²) in [7, 11) is 0. The van der Waals surface area contributed by atoms with Gasteiger partial charge in [-0.2, -0.15) is 9.78 Å². The number of aliphatic imine (C=N–C) groups is 1. The van der Waals surface area contributed by atoms with Crippen molar-refractivity contribution in [2.24, 2.45) is 4.99 Å². The number of hydrogen-bond acceptors (Lipinski definition) is 6. The normalized spacial score (nSPS) is 13.1. The smallest absolute Gasteiger partial charge is 0.271 e. The summed E-state index contributed by atoms with van der Waals surface area (Å²) in [4.78, 5) is 29.1. The molecule has 3 N–H and O–H groups in total. The molecular weight excluding hydrogens is 478 g/mol. The van der Waals surface area contributed by atoms with Gasteiger partial charge >= 0.3 is 0 Å². The summed E-state index contributed by atoms with van der Waals surface area (Å²) >= 11 is 0. The number of nitrogens with one attached hydrogen (secondary N) is 1. The number of aromatic nitrogens is 2. The van der Waals surface area contributed by atoms with Crippen LogP contribution < -0.4 is 21.5 Å². The van der Waals surface area contributed by atoms with Crippen molar-refractivity contribution in [3.05, 3.63) is 75.2 Å². The number of hydrogen-bond donors (Lipinski definition) is 2. The molecule has 1 fully saturated rings. The number of para-hydroxylation sites is 1. The molecule has 1 aromatic heterocycles. The van der Waals surface area contributed by atoms with Gasteiger partial charge in [-0.05, 0) is 70.4 Å². The molecule has 0 saturated carbocycles. The SMILES string of the molecule is Cc1cc(NC=O)c(N2CCCC2)c(C=NC(C)C)c1N.Cc1ccc(=O)n(-c2c(F)cccc2F)n1. The van der Waals surface area contributed by atoms with Crippen molar-refractivity contribution in [2.45, 2.75) is 46.6 Å². The third kappa shape index (κ3) is 6.58. The molecule has 0 bridgehead atoms. The zero-order chi connectivity index (χ0) is 27.1. The summed E-state index contributed by atoms with van der Waals surface area (Å²) in [6.45, 7) is 9.61. The van der Waals surface area contributed by atoms with E-state index in [2.05, 4.69) is 20.3 Å². The molecule has 1 saturated heterocycles. The van der Waals surface area contributed by atoms with E-state index in [4.69, 9.17) is 5.73 Å². The molecule has 1 aliphatic rings. The third-order valence-corrected chi connectivity index (χ3v) is 5.81. The monoisotopic (exact) mass is 510 g/mol. The lowest BCUT2D eigenvalue weighted by atomic mass is 10.0. The van der Waals surface area contributed by atoms with Gasteiger partial charge in [-0.25, -0.2) is 8.78 Å². The highest BCUT2D eigenvalue weighted by atomic mass is 19.1. The van der Waals surface area contributed by atoms with Crippen molar-refractivity contribution < 1.29 is 13.6 Å². The van der Waals surface area contributed by atoms with Gasteiger partial charge in [-0.3, -0.25) is 14.6 Å². The van der Waals surface area contributed by atoms with E-state index < -0.39 is 22.9 Å². The first-order chi connectivity index (χ1) is 17.6. The van der Waals surface area contributed by atoms with Crippen LogP contribution >= 0.6 is 0 Å². The predicted molar refractivity (Wildman–Crippen MR) is 144 cm³/mol. The van der Waals surface area contributed by atoms with Crippen LogP contribution in [0.3, 0.4) is 0 Å². The van der Waals surface area contributed by atoms with E-state index in [1.807, 2.05) is 33.1 Å². The maximum atomic E-state index is 13.4. The Morgan fingerprint density at radius 3 is 2.32 bits per heavy atom. The second-order valence-electron chi connectivity index (χ2n) is 9.04. The van der Waals surface area contributed by atoms with Gasteiger partial charge in [0.15, 0.2) is 11.6 Å². The summed E-state index contributed by atoms with van der Waals surface area (Å²) in [5, 5.41) is 6.60. The van der Waals surface area contributed by atoms with Crippen LogP contribution in [0.2, 0.25) is 0 Å². The fraction of sp³-hybridized carbons (Fsp3) is 0.333. The molecule has 1 aliphatic heterocycles. The number of halogens is 2. The van der Waals surface area contributed by atoms with Gasteiger partial charge in [0.25, 0.3) is 5.56 Å². The molecule has 0 spiro atoms. The average Bonchev–Trinajstić information content (AvgIpc) is 3.37. The second-order valence-corrected chi connectivity index (χ2v) is 9.04. The summed E-state index contributed by atoms with van der Waals surface area (Å²) in [6.07, 6.45) is 4.88. The van der Waals surface area contributed by atoms with E-state index >= 15 is 0 Å². The van der Waals surface area contributed by atoms with E-state index in [1.54, 1.807) is 6.92 Å². The maximum Gasteiger partial charge on any atom is 0.271 e. The van der Waals surface area contributed by atoms with Crippen molar-refractivity contribution in [3.63, 3.8) is 0 Å². The minimum atomic E-state index is -0.819. The molecule has 0 unspecified atom stereocenters. The Morgan fingerprint density at radius 2 is 1.73 bits per heavy atom. The molecule has 2 heterocycles. The number of aryl methyl sites for hydroxylation is 2. The third-order valence-electron chi connectivity index (χ3n) is 5.81. The van der Waals surface area contributed by atoms with Crippen molar-refractivity contribution >= 4 is 29.7 Å². The maximum absolute atomic E-state index is 13.4. The molecule has 0 aliphatic carbocycles. The summed E-state index contributed by atoms with van der Waals surface area (Å²) in [5.41, 5.74) is 10.1. The number of nitrogens with zero attached hydrogens (tertiary/aromatic N) is 4. The number of amides is 1. The lowest BCUT2D eigenvalue weighted by Crippen LogP contribution is -2.22. The van der Waals surface area contributed by atoms with Crippen LogP contribution in [0.25, 0.3) is 5.69 Å². The van der Waals surface area contributed by atoms with Crippen molar-refractivity contribution in [1.82, 2.24) is 9.78 Å². The molecule has 3 aromatic rings. The number of nitrogen functional groups attached to an aromatic ring is 1. The molecule has 0 atom stereocenters. The van der Waals surface area contributed by atoms with Gasteiger partial charge in [0.1, 0.15) is 5.69 Å². The van der Waals surface area contributed by atoms with Gasteiger partial charge < -0.3 is 16.0 Å². The Hall–Kier alpha value is -4.08. The van der Waals surface area contributed by atoms with E-state index in [9.17, 15) is 18.4 Å². The Balaban J connectivity index is 0.000000213. The first-order valence-electron chi connectivity index (χ1n) is 12.1. The fourth-order valence-corrected chi connectivity index (χ4v) is 4.01. The predicted octanol–water partition coefficient (Wildman–Crippen LogP) is 4.39. The van der Waals surface area contributed by atoms with Crippen molar-refractivity contribution in [1.29, 1.82) is 0 Å². The zero-order valence-corrected chi connectivity index (χ0v) is 21.5.